The minimum absolute atomic E-state index is 0.177. The maximum absolute atomic E-state index is 13.4. The number of hydrogen-bond donors (Lipinski definition) is 0. The molecule has 12 heteroatoms. The third-order valence-corrected chi connectivity index (χ3v) is 6.70. The van der Waals surface area contributed by atoms with Crippen molar-refractivity contribution < 1.29 is 42.9 Å². The SMILES string of the molecule is COC(=O)c1nccn([C@@H]2O[C@@H](COC(=O)c3ccccc3)[C@H](OC(=O)c3ccccc3)[C@H]2OC(=O)c2ccccc2)c1=O. The van der Waals surface area contributed by atoms with Crippen molar-refractivity contribution in [3.05, 3.63) is 136 Å². The topological polar surface area (TPSA) is 149 Å². The fourth-order valence-corrected chi connectivity index (χ4v) is 4.54. The highest BCUT2D eigenvalue weighted by Gasteiger charge is 2.52. The first-order valence-corrected chi connectivity index (χ1v) is 13.4. The zero-order chi connectivity index (χ0) is 31.1. The van der Waals surface area contributed by atoms with Crippen LogP contribution in [0.15, 0.2) is 108 Å². The van der Waals surface area contributed by atoms with E-state index in [1.165, 1.54) is 36.7 Å². The maximum atomic E-state index is 13.4. The minimum Gasteiger partial charge on any atom is -0.464 e. The van der Waals surface area contributed by atoms with Gasteiger partial charge in [-0.1, -0.05) is 54.6 Å². The molecule has 3 aromatic carbocycles. The van der Waals surface area contributed by atoms with E-state index in [4.69, 9.17) is 18.9 Å². The van der Waals surface area contributed by atoms with E-state index in [1.54, 1.807) is 66.7 Å². The van der Waals surface area contributed by atoms with Crippen LogP contribution in [-0.2, 0) is 23.7 Å². The van der Waals surface area contributed by atoms with Gasteiger partial charge in [-0.05, 0) is 36.4 Å². The van der Waals surface area contributed by atoms with Crippen molar-refractivity contribution >= 4 is 23.9 Å². The summed E-state index contributed by atoms with van der Waals surface area (Å²) in [5, 5.41) is 0. The molecule has 1 aromatic heterocycles. The number of nitrogens with zero attached hydrogens (tertiary/aromatic N) is 2. The first-order valence-electron chi connectivity index (χ1n) is 13.4. The van der Waals surface area contributed by atoms with E-state index in [-0.39, 0.29) is 16.7 Å². The fraction of sp³-hybridized carbons (Fsp3) is 0.188. The molecule has 0 unspecified atom stereocenters. The summed E-state index contributed by atoms with van der Waals surface area (Å²) in [6.07, 6.45) is -3.07. The first-order chi connectivity index (χ1) is 21.4. The molecule has 44 heavy (non-hydrogen) atoms. The Morgan fingerprint density at radius 1 is 0.727 bits per heavy atom. The first kappa shape index (κ1) is 29.9. The van der Waals surface area contributed by atoms with Crippen LogP contribution >= 0.6 is 0 Å². The third-order valence-electron chi connectivity index (χ3n) is 6.70. The second-order valence-electron chi connectivity index (χ2n) is 9.48. The van der Waals surface area contributed by atoms with Crippen molar-refractivity contribution in [1.82, 2.24) is 9.55 Å². The Kier molecular flexibility index (Phi) is 9.21. The number of aromatic nitrogens is 2. The molecule has 1 aliphatic heterocycles. The normalized spacial score (nSPS) is 19.0. The largest absolute Gasteiger partial charge is 0.464 e. The molecule has 0 aliphatic carbocycles. The van der Waals surface area contributed by atoms with Gasteiger partial charge in [0.15, 0.2) is 18.4 Å². The second kappa shape index (κ2) is 13.6. The predicted octanol–water partition coefficient (Wildman–Crippen LogP) is 3.24. The summed E-state index contributed by atoms with van der Waals surface area (Å²) in [5.74, 6) is -3.27. The molecule has 0 N–H and O–H groups in total. The van der Waals surface area contributed by atoms with E-state index in [0.29, 0.717) is 0 Å². The summed E-state index contributed by atoms with van der Waals surface area (Å²) in [5.41, 5.74) is -0.836. The lowest BCUT2D eigenvalue weighted by molar-refractivity contribution is -0.0636. The van der Waals surface area contributed by atoms with Crippen LogP contribution in [0.3, 0.4) is 0 Å². The van der Waals surface area contributed by atoms with Gasteiger partial charge in [-0.3, -0.25) is 9.36 Å². The van der Waals surface area contributed by atoms with Crippen LogP contribution < -0.4 is 5.56 Å². The number of hydrogen-bond acceptors (Lipinski definition) is 11. The van der Waals surface area contributed by atoms with Crippen molar-refractivity contribution in [2.45, 2.75) is 24.5 Å². The Labute approximate surface area is 250 Å². The van der Waals surface area contributed by atoms with Crippen LogP contribution in [0.5, 0.6) is 0 Å². The van der Waals surface area contributed by atoms with E-state index < -0.39 is 66.3 Å². The number of ether oxygens (including phenoxy) is 5. The molecule has 224 valence electrons. The fourth-order valence-electron chi connectivity index (χ4n) is 4.54. The highest BCUT2D eigenvalue weighted by atomic mass is 16.7. The highest BCUT2D eigenvalue weighted by Crippen LogP contribution is 2.35. The van der Waals surface area contributed by atoms with E-state index in [0.717, 1.165) is 11.7 Å². The molecule has 4 aromatic rings. The molecule has 4 atom stereocenters. The summed E-state index contributed by atoms with van der Waals surface area (Å²) in [7, 11) is 1.09. The Bertz CT molecular complexity index is 1690. The molecule has 0 amide bonds. The number of carbonyl (C=O) groups is 4. The van der Waals surface area contributed by atoms with Crippen molar-refractivity contribution in [2.75, 3.05) is 13.7 Å². The zero-order valence-electron chi connectivity index (χ0n) is 23.3. The number of rotatable bonds is 9. The van der Waals surface area contributed by atoms with Gasteiger partial charge in [0.05, 0.1) is 23.8 Å². The van der Waals surface area contributed by atoms with Crippen LogP contribution in [-0.4, -0.2) is 65.5 Å². The zero-order valence-corrected chi connectivity index (χ0v) is 23.3. The van der Waals surface area contributed by atoms with Gasteiger partial charge in [-0.15, -0.1) is 0 Å². The van der Waals surface area contributed by atoms with Gasteiger partial charge < -0.3 is 23.7 Å². The predicted molar refractivity (Wildman–Crippen MR) is 152 cm³/mol. The maximum Gasteiger partial charge on any atom is 0.362 e. The molecule has 5 rings (SSSR count). The lowest BCUT2D eigenvalue weighted by atomic mass is 10.1. The van der Waals surface area contributed by atoms with Crippen LogP contribution in [0.25, 0.3) is 0 Å². The molecule has 0 bridgehead atoms. The summed E-state index contributed by atoms with van der Waals surface area (Å²) in [6.45, 7) is -0.444. The molecule has 1 aliphatic rings. The molecule has 1 saturated heterocycles. The molecular weight excluding hydrogens is 572 g/mol. The molecule has 0 spiro atoms. The number of methoxy groups -OCH3 is 1. The number of esters is 4. The summed E-state index contributed by atoms with van der Waals surface area (Å²) in [4.78, 5) is 68.7. The summed E-state index contributed by atoms with van der Waals surface area (Å²) >= 11 is 0. The molecule has 0 radical (unpaired) electrons. The molecular formula is C32H26N2O10. The van der Waals surface area contributed by atoms with Crippen LogP contribution in [0.4, 0.5) is 0 Å². The molecule has 2 heterocycles. The van der Waals surface area contributed by atoms with Crippen molar-refractivity contribution in [2.24, 2.45) is 0 Å². The van der Waals surface area contributed by atoms with Crippen molar-refractivity contribution in [3.63, 3.8) is 0 Å². The lowest BCUT2D eigenvalue weighted by Gasteiger charge is -2.25. The van der Waals surface area contributed by atoms with Crippen LogP contribution in [0.1, 0.15) is 47.8 Å². The van der Waals surface area contributed by atoms with E-state index in [1.807, 2.05) is 0 Å². The molecule has 1 fully saturated rings. The average Bonchev–Trinajstić information content (AvgIpc) is 3.40. The average molecular weight is 599 g/mol. The smallest absolute Gasteiger partial charge is 0.362 e. The van der Waals surface area contributed by atoms with E-state index in [2.05, 4.69) is 9.72 Å². The molecule has 0 saturated carbocycles. The van der Waals surface area contributed by atoms with Crippen LogP contribution in [0.2, 0.25) is 0 Å². The number of benzene rings is 3. The Balaban J connectivity index is 1.53. The van der Waals surface area contributed by atoms with Gasteiger partial charge in [-0.2, -0.15) is 0 Å². The third kappa shape index (κ3) is 6.55. The van der Waals surface area contributed by atoms with Gasteiger partial charge in [0.2, 0.25) is 5.69 Å². The Hall–Kier alpha value is -5.62. The summed E-state index contributed by atoms with van der Waals surface area (Å²) < 4.78 is 28.9. The van der Waals surface area contributed by atoms with Gasteiger partial charge >= 0.3 is 23.9 Å². The van der Waals surface area contributed by atoms with Gasteiger partial charge in [0.25, 0.3) is 5.56 Å². The van der Waals surface area contributed by atoms with E-state index in [9.17, 15) is 24.0 Å². The van der Waals surface area contributed by atoms with Crippen molar-refractivity contribution in [3.8, 4) is 0 Å². The number of carbonyl (C=O) groups excluding carboxylic acids is 4. The summed E-state index contributed by atoms with van der Waals surface area (Å²) in [6, 6.07) is 24.3. The van der Waals surface area contributed by atoms with E-state index >= 15 is 0 Å². The van der Waals surface area contributed by atoms with Gasteiger partial charge in [-0.25, -0.2) is 24.2 Å². The lowest BCUT2D eigenvalue weighted by Crippen LogP contribution is -2.42. The second-order valence-corrected chi connectivity index (χ2v) is 9.48. The highest BCUT2D eigenvalue weighted by molar-refractivity contribution is 5.91. The Morgan fingerprint density at radius 3 is 1.75 bits per heavy atom. The minimum atomic E-state index is -1.44. The van der Waals surface area contributed by atoms with Gasteiger partial charge in [0.1, 0.15) is 12.7 Å². The standard InChI is InChI=1S/C32H26N2O10/c1-40-32(39)24-27(35)34(18-17-33-24)28-26(44-31(38)22-15-9-4-10-16-22)25(43-30(37)21-13-7-3-8-14-21)23(42-28)19-41-29(36)20-11-5-2-6-12-20/h2-18,23,25-26,28H,19H2,1H3/t23-,25-,26+,28+/m0/s1. The molecule has 12 nitrogen and oxygen atoms in total. The van der Waals surface area contributed by atoms with Crippen LogP contribution in [0, 0.1) is 0 Å². The monoisotopic (exact) mass is 598 g/mol. The van der Waals surface area contributed by atoms with Gasteiger partial charge in [0, 0.05) is 12.4 Å². The van der Waals surface area contributed by atoms with Crippen molar-refractivity contribution in [1.29, 1.82) is 0 Å². The quantitative estimate of drug-likeness (QED) is 0.206. The Morgan fingerprint density at radius 2 is 1.23 bits per heavy atom.